The molecule has 182 valence electrons. The van der Waals surface area contributed by atoms with Gasteiger partial charge >= 0.3 is 0 Å². The van der Waals surface area contributed by atoms with Crippen molar-refractivity contribution in [2.24, 2.45) is 11.3 Å². The molecular weight excluding hydrogens is 382 g/mol. The van der Waals surface area contributed by atoms with Gasteiger partial charge < -0.3 is 15.1 Å². The first-order valence-corrected chi connectivity index (χ1v) is 13.8. The van der Waals surface area contributed by atoms with Gasteiger partial charge in [0.25, 0.3) is 0 Å². The maximum Gasteiger partial charge on any atom is 0.236 e. The SMILES string of the molecule is CCCCCCC(CCCCC)CN1CCC2(CC1)CN(C(=O)CNC(C)CCC)C2. The van der Waals surface area contributed by atoms with Crippen LogP contribution in [0.1, 0.15) is 111 Å². The summed E-state index contributed by atoms with van der Waals surface area (Å²) in [5, 5.41) is 3.40. The lowest BCUT2D eigenvalue weighted by Crippen LogP contribution is -2.63. The first-order valence-electron chi connectivity index (χ1n) is 13.8. The van der Waals surface area contributed by atoms with Crippen molar-refractivity contribution >= 4 is 5.91 Å². The summed E-state index contributed by atoms with van der Waals surface area (Å²) in [5.74, 6) is 1.20. The number of hydrogen-bond acceptors (Lipinski definition) is 3. The van der Waals surface area contributed by atoms with E-state index in [1.165, 1.54) is 96.7 Å². The van der Waals surface area contributed by atoms with Crippen LogP contribution in [0.2, 0.25) is 0 Å². The van der Waals surface area contributed by atoms with Crippen LogP contribution in [0, 0.1) is 11.3 Å². The summed E-state index contributed by atoms with van der Waals surface area (Å²) in [6, 6.07) is 0.444. The van der Waals surface area contributed by atoms with Crippen molar-refractivity contribution in [2.75, 3.05) is 39.3 Å². The molecule has 2 aliphatic rings. The average Bonchev–Trinajstić information content (AvgIpc) is 2.74. The van der Waals surface area contributed by atoms with Crippen LogP contribution in [0.3, 0.4) is 0 Å². The fourth-order valence-electron chi connectivity index (χ4n) is 5.61. The minimum absolute atomic E-state index is 0.305. The number of likely N-dealkylation sites (tertiary alicyclic amines) is 2. The molecule has 0 aliphatic carbocycles. The molecule has 0 saturated carbocycles. The summed E-state index contributed by atoms with van der Waals surface area (Å²) in [5.41, 5.74) is 0.431. The van der Waals surface area contributed by atoms with Gasteiger partial charge in [-0.2, -0.15) is 0 Å². The number of unbranched alkanes of at least 4 members (excludes halogenated alkanes) is 5. The van der Waals surface area contributed by atoms with Crippen LogP contribution in [-0.4, -0.2) is 61.0 Å². The maximum absolute atomic E-state index is 12.5. The van der Waals surface area contributed by atoms with E-state index < -0.39 is 0 Å². The van der Waals surface area contributed by atoms with Gasteiger partial charge in [0.1, 0.15) is 0 Å². The average molecular weight is 436 g/mol. The first kappa shape index (κ1) is 26.6. The smallest absolute Gasteiger partial charge is 0.236 e. The molecule has 0 radical (unpaired) electrons. The second kappa shape index (κ2) is 14.5. The third kappa shape index (κ3) is 9.42. The zero-order valence-corrected chi connectivity index (χ0v) is 21.4. The van der Waals surface area contributed by atoms with E-state index in [1.807, 2.05) is 0 Å². The molecule has 31 heavy (non-hydrogen) atoms. The summed E-state index contributed by atoms with van der Waals surface area (Å²) in [6.45, 7) is 15.3. The van der Waals surface area contributed by atoms with Crippen molar-refractivity contribution in [3.63, 3.8) is 0 Å². The highest BCUT2D eigenvalue weighted by atomic mass is 16.2. The van der Waals surface area contributed by atoms with Gasteiger partial charge in [0, 0.05) is 31.1 Å². The second-order valence-electron chi connectivity index (χ2n) is 10.8. The Bertz CT molecular complexity index is 479. The fourth-order valence-corrected chi connectivity index (χ4v) is 5.61. The molecule has 0 aromatic heterocycles. The minimum atomic E-state index is 0.305. The highest BCUT2D eigenvalue weighted by molar-refractivity contribution is 5.79. The lowest BCUT2D eigenvalue weighted by atomic mass is 9.71. The number of amides is 1. The molecule has 2 heterocycles. The summed E-state index contributed by atoms with van der Waals surface area (Å²) < 4.78 is 0. The van der Waals surface area contributed by atoms with Crippen molar-refractivity contribution in [1.82, 2.24) is 15.1 Å². The van der Waals surface area contributed by atoms with Gasteiger partial charge in [-0.15, -0.1) is 0 Å². The number of hydrogen-bond donors (Lipinski definition) is 1. The number of carbonyl (C=O) groups excluding carboxylic acids is 1. The summed E-state index contributed by atoms with van der Waals surface area (Å²) in [6.07, 6.45) is 17.4. The van der Waals surface area contributed by atoms with Crippen LogP contribution in [0.15, 0.2) is 0 Å². The van der Waals surface area contributed by atoms with Crippen molar-refractivity contribution in [1.29, 1.82) is 0 Å². The Kier molecular flexibility index (Phi) is 12.5. The summed E-state index contributed by atoms with van der Waals surface area (Å²) in [4.78, 5) is 17.3. The van der Waals surface area contributed by atoms with Gasteiger partial charge in [-0.1, -0.05) is 72.1 Å². The molecule has 1 amide bonds. The maximum atomic E-state index is 12.5. The van der Waals surface area contributed by atoms with Gasteiger partial charge in [0.05, 0.1) is 6.54 Å². The van der Waals surface area contributed by atoms with Crippen molar-refractivity contribution in [3.05, 3.63) is 0 Å². The van der Waals surface area contributed by atoms with Crippen molar-refractivity contribution < 1.29 is 4.79 Å². The molecular formula is C27H53N3O. The lowest BCUT2D eigenvalue weighted by Gasteiger charge is -2.54. The molecule has 2 unspecified atom stereocenters. The van der Waals surface area contributed by atoms with E-state index in [9.17, 15) is 4.79 Å². The molecule has 0 bridgehead atoms. The fraction of sp³-hybridized carbons (Fsp3) is 0.963. The molecule has 2 atom stereocenters. The number of piperidine rings is 1. The van der Waals surface area contributed by atoms with Gasteiger partial charge in [0.15, 0.2) is 0 Å². The van der Waals surface area contributed by atoms with E-state index in [1.54, 1.807) is 0 Å². The van der Waals surface area contributed by atoms with E-state index in [0.29, 0.717) is 23.9 Å². The Hall–Kier alpha value is -0.610. The zero-order chi connectivity index (χ0) is 22.5. The van der Waals surface area contributed by atoms with Gasteiger partial charge in [-0.3, -0.25) is 4.79 Å². The van der Waals surface area contributed by atoms with Crippen LogP contribution in [-0.2, 0) is 4.79 Å². The van der Waals surface area contributed by atoms with Gasteiger partial charge in [-0.25, -0.2) is 0 Å². The standard InChI is InChI=1S/C27H53N3O/c1-5-8-10-12-15-25(14-11-9-6-2)21-29-18-16-27(17-19-29)22-30(23-27)26(31)20-28-24(4)13-7-3/h24-25,28H,5-23H2,1-4H3. The number of rotatable bonds is 16. The third-order valence-electron chi connectivity index (χ3n) is 7.84. The quantitative estimate of drug-likeness (QED) is 0.309. The first-order chi connectivity index (χ1) is 15.0. The van der Waals surface area contributed by atoms with Crippen LogP contribution in [0.5, 0.6) is 0 Å². The second-order valence-corrected chi connectivity index (χ2v) is 10.8. The van der Waals surface area contributed by atoms with E-state index in [4.69, 9.17) is 0 Å². The van der Waals surface area contributed by atoms with E-state index in [-0.39, 0.29) is 0 Å². The molecule has 1 spiro atoms. The number of nitrogens with one attached hydrogen (secondary N) is 1. The van der Waals surface area contributed by atoms with Crippen LogP contribution in [0.25, 0.3) is 0 Å². The zero-order valence-electron chi connectivity index (χ0n) is 21.4. The van der Waals surface area contributed by atoms with E-state index >= 15 is 0 Å². The highest BCUT2D eigenvalue weighted by Gasteiger charge is 2.46. The normalized spacial score (nSPS) is 20.6. The molecule has 2 fully saturated rings. The topological polar surface area (TPSA) is 35.6 Å². The summed E-state index contributed by atoms with van der Waals surface area (Å²) >= 11 is 0. The van der Waals surface area contributed by atoms with Gasteiger partial charge in [-0.05, 0) is 58.0 Å². The Labute approximate surface area is 193 Å². The Morgan fingerprint density at radius 1 is 0.871 bits per heavy atom. The predicted octanol–water partition coefficient (Wildman–Crippen LogP) is 5.86. The monoisotopic (exact) mass is 435 g/mol. The Balaban J connectivity index is 1.67. The lowest BCUT2D eigenvalue weighted by molar-refractivity contribution is -0.146. The van der Waals surface area contributed by atoms with E-state index in [0.717, 1.165) is 25.4 Å². The van der Waals surface area contributed by atoms with Crippen LogP contribution in [0.4, 0.5) is 0 Å². The molecule has 4 nitrogen and oxygen atoms in total. The highest BCUT2D eigenvalue weighted by Crippen LogP contribution is 2.40. The number of nitrogens with zero attached hydrogens (tertiary/aromatic N) is 2. The predicted molar refractivity (Wildman–Crippen MR) is 133 cm³/mol. The molecule has 2 aliphatic heterocycles. The van der Waals surface area contributed by atoms with Crippen LogP contribution >= 0.6 is 0 Å². The summed E-state index contributed by atoms with van der Waals surface area (Å²) in [7, 11) is 0. The Morgan fingerprint density at radius 3 is 2.10 bits per heavy atom. The molecule has 2 rings (SSSR count). The van der Waals surface area contributed by atoms with E-state index in [2.05, 4.69) is 42.8 Å². The minimum Gasteiger partial charge on any atom is -0.340 e. The molecule has 0 aromatic carbocycles. The molecule has 2 saturated heterocycles. The van der Waals surface area contributed by atoms with Gasteiger partial charge in [0.2, 0.25) is 5.91 Å². The molecule has 1 N–H and O–H groups in total. The van der Waals surface area contributed by atoms with Crippen LogP contribution < -0.4 is 5.32 Å². The Morgan fingerprint density at radius 2 is 1.48 bits per heavy atom. The van der Waals surface area contributed by atoms with Crippen molar-refractivity contribution in [2.45, 2.75) is 117 Å². The largest absolute Gasteiger partial charge is 0.340 e. The third-order valence-corrected chi connectivity index (χ3v) is 7.84. The van der Waals surface area contributed by atoms with Crippen molar-refractivity contribution in [3.8, 4) is 0 Å². The number of carbonyl (C=O) groups is 1. The molecule has 0 aromatic rings. The molecule has 4 heteroatoms.